The van der Waals surface area contributed by atoms with Crippen molar-refractivity contribution in [3.05, 3.63) is 83.9 Å². The molecule has 2 aliphatic rings. The molecule has 2 heterocycles. The number of hydrogen-bond donors (Lipinski definition) is 0. The fourth-order valence-electron chi connectivity index (χ4n) is 4.79. The number of ketones is 1. The monoisotopic (exact) mass is 554 g/mol. The number of hydrogen-bond acceptors (Lipinski definition) is 7. The number of carbonyl (C=O) groups is 2. The second-order valence-electron chi connectivity index (χ2n) is 9.35. The average Bonchev–Trinajstić information content (AvgIpc) is 3.47. The molecule has 1 amide bonds. The third-order valence-electron chi connectivity index (χ3n) is 6.73. The second kappa shape index (κ2) is 9.97. The van der Waals surface area contributed by atoms with Crippen LogP contribution >= 0.6 is 0 Å². The zero-order chi connectivity index (χ0) is 27.1. The predicted molar refractivity (Wildman–Crippen MR) is 140 cm³/mol. The summed E-state index contributed by atoms with van der Waals surface area (Å²) in [5.41, 5.74) is 0.817. The van der Waals surface area contributed by atoms with Gasteiger partial charge in [-0.2, -0.15) is 4.31 Å². The molecule has 0 bridgehead atoms. The zero-order valence-corrected chi connectivity index (χ0v) is 22.2. The van der Waals surface area contributed by atoms with E-state index in [1.165, 1.54) is 39.5 Å². The molecule has 1 atom stereocenters. The Bertz CT molecular complexity index is 1620. The largest absolute Gasteiger partial charge is 0.492 e. The summed E-state index contributed by atoms with van der Waals surface area (Å²) in [6.07, 6.45) is 2.42. The first-order valence-corrected chi connectivity index (χ1v) is 15.4. The highest BCUT2D eigenvalue weighted by Gasteiger charge is 2.40. The van der Waals surface area contributed by atoms with E-state index in [0.29, 0.717) is 30.7 Å². The third kappa shape index (κ3) is 4.96. The molecule has 11 heteroatoms. The summed E-state index contributed by atoms with van der Waals surface area (Å²) >= 11 is 0. The van der Waals surface area contributed by atoms with Crippen LogP contribution in [0.15, 0.2) is 82.6 Å². The molecule has 9 nitrogen and oxygen atoms in total. The molecule has 1 saturated heterocycles. The van der Waals surface area contributed by atoms with Crippen molar-refractivity contribution in [3.8, 4) is 5.75 Å². The number of rotatable bonds is 8. The van der Waals surface area contributed by atoms with E-state index >= 15 is 0 Å². The number of fused-ring (bicyclic) bond motifs is 1. The van der Waals surface area contributed by atoms with Gasteiger partial charge in [0.1, 0.15) is 12.4 Å². The van der Waals surface area contributed by atoms with Gasteiger partial charge in [0.2, 0.25) is 10.0 Å². The summed E-state index contributed by atoms with van der Waals surface area (Å²) in [7, 11) is -7.40. The van der Waals surface area contributed by atoms with E-state index in [0.717, 1.165) is 6.26 Å². The number of sulfone groups is 1. The number of para-hydroxylation sites is 1. The smallest absolute Gasteiger partial charge is 0.299 e. The van der Waals surface area contributed by atoms with Crippen LogP contribution in [0.4, 0.5) is 5.69 Å². The summed E-state index contributed by atoms with van der Waals surface area (Å²) in [6, 6.07) is 19.0. The van der Waals surface area contributed by atoms with Crippen LogP contribution in [0, 0.1) is 0 Å². The predicted octanol–water partition coefficient (Wildman–Crippen LogP) is 3.05. The van der Waals surface area contributed by atoms with Crippen molar-refractivity contribution in [2.45, 2.75) is 35.2 Å². The van der Waals surface area contributed by atoms with E-state index in [1.807, 2.05) is 18.2 Å². The number of sulfonamides is 1. The molecule has 2 aliphatic heterocycles. The van der Waals surface area contributed by atoms with Gasteiger partial charge in [0, 0.05) is 12.8 Å². The summed E-state index contributed by atoms with van der Waals surface area (Å²) in [5, 5.41) is 0. The Labute approximate surface area is 221 Å². The van der Waals surface area contributed by atoms with Gasteiger partial charge in [0.15, 0.2) is 9.84 Å². The first-order valence-electron chi connectivity index (χ1n) is 12.0. The minimum atomic E-state index is -3.95. The maximum atomic E-state index is 13.6. The molecular weight excluding hydrogens is 528 g/mol. The molecule has 0 aromatic heterocycles. The first kappa shape index (κ1) is 26.1. The Kier molecular flexibility index (Phi) is 6.84. The molecule has 0 radical (unpaired) electrons. The molecule has 0 unspecified atom stereocenters. The molecule has 1 fully saturated rings. The number of amides is 1. The third-order valence-corrected chi connectivity index (χ3v) is 9.78. The van der Waals surface area contributed by atoms with Crippen LogP contribution in [0.5, 0.6) is 5.75 Å². The quantitative estimate of drug-likeness (QED) is 0.393. The normalized spacial score (nSPS) is 18.1. The Hall–Kier alpha value is -3.54. The number of carbonyl (C=O) groups excluding carboxylic acids is 2. The number of Topliss-reactive ketones (excluding diaryl/α,β-unsaturated/α-hetero) is 1. The minimum absolute atomic E-state index is 0.00613. The van der Waals surface area contributed by atoms with E-state index in [9.17, 15) is 26.4 Å². The minimum Gasteiger partial charge on any atom is -0.492 e. The van der Waals surface area contributed by atoms with Crippen LogP contribution in [0.1, 0.15) is 28.8 Å². The Morgan fingerprint density at radius 2 is 1.66 bits per heavy atom. The highest BCUT2D eigenvalue weighted by molar-refractivity contribution is 7.90. The molecule has 3 aromatic carbocycles. The zero-order valence-electron chi connectivity index (χ0n) is 20.6. The highest BCUT2D eigenvalue weighted by atomic mass is 32.2. The molecule has 0 saturated carbocycles. The van der Waals surface area contributed by atoms with E-state index in [4.69, 9.17) is 4.74 Å². The number of anilines is 1. The van der Waals surface area contributed by atoms with Crippen molar-refractivity contribution >= 4 is 37.2 Å². The SMILES string of the molecule is CS(=O)(=O)c1cccc(CN2C(=O)C(=O)c3cc(S(=O)(=O)N4CCC[C@H]4COc4ccccc4)ccc32)c1. The van der Waals surface area contributed by atoms with Crippen LogP contribution in [0.25, 0.3) is 0 Å². The lowest BCUT2D eigenvalue weighted by Crippen LogP contribution is -2.39. The van der Waals surface area contributed by atoms with Crippen molar-refractivity contribution in [1.82, 2.24) is 4.31 Å². The lowest BCUT2D eigenvalue weighted by molar-refractivity contribution is -0.114. The first-order chi connectivity index (χ1) is 18.1. The van der Waals surface area contributed by atoms with Crippen LogP contribution in [-0.4, -0.2) is 58.3 Å². The van der Waals surface area contributed by atoms with Gasteiger partial charge in [0.05, 0.1) is 33.6 Å². The molecule has 38 heavy (non-hydrogen) atoms. The summed E-state index contributed by atoms with van der Waals surface area (Å²) in [5.74, 6) is -0.947. The van der Waals surface area contributed by atoms with Gasteiger partial charge >= 0.3 is 0 Å². The lowest BCUT2D eigenvalue weighted by Gasteiger charge is -2.24. The number of ether oxygens (including phenoxy) is 1. The number of nitrogens with zero attached hydrogens (tertiary/aromatic N) is 2. The topological polar surface area (TPSA) is 118 Å². The molecule has 198 valence electrons. The van der Waals surface area contributed by atoms with E-state index in [2.05, 4.69) is 0 Å². The van der Waals surface area contributed by atoms with Crippen molar-refractivity contribution in [1.29, 1.82) is 0 Å². The Morgan fingerprint density at radius 1 is 0.895 bits per heavy atom. The fraction of sp³-hybridized carbons (Fsp3) is 0.259. The van der Waals surface area contributed by atoms with Gasteiger partial charge in [-0.3, -0.25) is 9.59 Å². The summed E-state index contributed by atoms with van der Waals surface area (Å²) in [6.45, 7) is 0.502. The van der Waals surface area contributed by atoms with Crippen molar-refractivity contribution < 1.29 is 31.2 Å². The molecule has 0 spiro atoms. The maximum absolute atomic E-state index is 13.6. The van der Waals surface area contributed by atoms with Crippen LogP contribution < -0.4 is 9.64 Å². The Morgan fingerprint density at radius 3 is 2.39 bits per heavy atom. The van der Waals surface area contributed by atoms with Crippen LogP contribution in [-0.2, 0) is 31.2 Å². The van der Waals surface area contributed by atoms with Crippen molar-refractivity contribution in [2.75, 3.05) is 24.3 Å². The molecule has 0 N–H and O–H groups in total. The maximum Gasteiger partial charge on any atom is 0.299 e. The average molecular weight is 555 g/mol. The van der Waals surface area contributed by atoms with Gasteiger partial charge in [-0.05, 0) is 60.9 Å². The summed E-state index contributed by atoms with van der Waals surface area (Å²) in [4.78, 5) is 26.9. The van der Waals surface area contributed by atoms with Crippen LogP contribution in [0.2, 0.25) is 0 Å². The van der Waals surface area contributed by atoms with Gasteiger partial charge in [-0.1, -0.05) is 30.3 Å². The second-order valence-corrected chi connectivity index (χ2v) is 13.3. The number of benzene rings is 3. The van der Waals surface area contributed by atoms with Crippen molar-refractivity contribution in [3.63, 3.8) is 0 Å². The standard InChI is InChI=1S/C27H26N2O7S2/c1-37(32,33)22-11-5-7-19(15-22)17-28-25-13-12-23(16-24(25)26(30)27(28)31)38(34,35)29-14-6-8-20(29)18-36-21-9-3-2-4-10-21/h2-5,7,9-13,15-16,20H,6,8,14,17-18H2,1H3/t20-/m0/s1. The van der Waals surface area contributed by atoms with E-state index in [-0.39, 0.29) is 40.2 Å². The molecule has 0 aliphatic carbocycles. The Balaban J connectivity index is 1.39. The van der Waals surface area contributed by atoms with Gasteiger partial charge in [0.25, 0.3) is 11.7 Å². The van der Waals surface area contributed by atoms with Crippen molar-refractivity contribution in [2.24, 2.45) is 0 Å². The molecule has 5 rings (SSSR count). The van der Waals surface area contributed by atoms with Gasteiger partial charge in [-0.25, -0.2) is 16.8 Å². The molecular formula is C27H26N2O7S2. The lowest BCUT2D eigenvalue weighted by atomic mass is 10.1. The summed E-state index contributed by atoms with van der Waals surface area (Å²) < 4.78 is 58.1. The van der Waals surface area contributed by atoms with Gasteiger partial charge < -0.3 is 9.64 Å². The highest BCUT2D eigenvalue weighted by Crippen LogP contribution is 2.35. The molecule has 3 aromatic rings. The fourth-order valence-corrected chi connectivity index (χ4v) is 7.19. The van der Waals surface area contributed by atoms with E-state index in [1.54, 1.807) is 24.3 Å². The van der Waals surface area contributed by atoms with Gasteiger partial charge in [-0.15, -0.1) is 0 Å². The van der Waals surface area contributed by atoms with E-state index < -0.39 is 31.6 Å². The van der Waals surface area contributed by atoms with Crippen LogP contribution in [0.3, 0.4) is 0 Å².